The molecule has 0 aromatic heterocycles. The van der Waals surface area contributed by atoms with Crippen LogP contribution >= 0.6 is 35.7 Å². The van der Waals surface area contributed by atoms with Crippen LogP contribution in [0, 0.1) is 0 Å². The molecule has 0 amide bonds. The average Bonchev–Trinajstić information content (AvgIpc) is 2.69. The number of aliphatic imine (C=N–C) groups is 1. The molecular formula is C20H33IN4O3S2. The van der Waals surface area contributed by atoms with Crippen molar-refractivity contribution in [2.24, 2.45) is 4.99 Å². The lowest BCUT2D eigenvalue weighted by Crippen LogP contribution is -2.50. The summed E-state index contributed by atoms with van der Waals surface area (Å²) in [5, 5.41) is 3.44. The number of ether oxygens (including phenoxy) is 1. The third kappa shape index (κ3) is 6.98. The van der Waals surface area contributed by atoms with Crippen LogP contribution in [0.4, 0.5) is 0 Å². The first-order valence-corrected chi connectivity index (χ1v) is 12.6. The molecule has 0 unspecified atom stereocenters. The largest absolute Gasteiger partial charge is 0.379 e. The highest BCUT2D eigenvalue weighted by Crippen LogP contribution is 2.29. The van der Waals surface area contributed by atoms with Crippen LogP contribution in [0.1, 0.15) is 25.0 Å². The summed E-state index contributed by atoms with van der Waals surface area (Å²) in [6.45, 7) is 8.73. The second-order valence-corrected chi connectivity index (χ2v) is 11.7. The summed E-state index contributed by atoms with van der Waals surface area (Å²) in [5.41, 5.74) is 1.81. The predicted octanol–water partition coefficient (Wildman–Crippen LogP) is 2.37. The van der Waals surface area contributed by atoms with Crippen LogP contribution in [0.3, 0.4) is 0 Å². The van der Waals surface area contributed by atoms with Gasteiger partial charge in [-0.15, -0.1) is 24.0 Å². The maximum absolute atomic E-state index is 12.8. The van der Waals surface area contributed by atoms with Gasteiger partial charge in [0.1, 0.15) is 0 Å². The molecule has 170 valence electrons. The number of hydrogen-bond acceptors (Lipinski definition) is 5. The number of sulfonamides is 1. The molecule has 2 saturated heterocycles. The SMILES string of the molecule is CN=C(NCc1ccccc1CS(=O)(=O)N1CCOCC1)N1CCSC(C)(C)C1.I. The van der Waals surface area contributed by atoms with E-state index in [2.05, 4.69) is 29.1 Å². The Morgan fingerprint density at radius 1 is 1.20 bits per heavy atom. The Hall–Kier alpha value is -0.560. The summed E-state index contributed by atoms with van der Waals surface area (Å²) >= 11 is 1.98. The van der Waals surface area contributed by atoms with E-state index in [4.69, 9.17) is 4.74 Å². The molecular weight excluding hydrogens is 535 g/mol. The number of hydrogen-bond donors (Lipinski definition) is 1. The third-order valence-electron chi connectivity index (χ3n) is 5.19. The molecule has 0 spiro atoms. The standard InChI is InChI=1S/C20H32N4O3S2.HI/c1-20(2)16-23(10-13-28-20)19(21-3)22-14-17-6-4-5-7-18(17)15-29(25,26)24-8-11-27-12-9-24;/h4-7H,8-16H2,1-3H3,(H,21,22);1H. The first-order chi connectivity index (χ1) is 13.8. The zero-order valence-corrected chi connectivity index (χ0v) is 21.9. The fourth-order valence-electron chi connectivity index (χ4n) is 3.69. The minimum atomic E-state index is -3.36. The molecule has 2 aliphatic heterocycles. The van der Waals surface area contributed by atoms with Gasteiger partial charge in [0.25, 0.3) is 0 Å². The van der Waals surface area contributed by atoms with Gasteiger partial charge in [-0.05, 0) is 25.0 Å². The molecule has 0 saturated carbocycles. The van der Waals surface area contributed by atoms with Crippen LogP contribution in [0.25, 0.3) is 0 Å². The van der Waals surface area contributed by atoms with Crippen LogP contribution < -0.4 is 5.32 Å². The van der Waals surface area contributed by atoms with Gasteiger partial charge in [-0.2, -0.15) is 16.1 Å². The van der Waals surface area contributed by atoms with E-state index in [0.29, 0.717) is 32.8 Å². The molecule has 10 heteroatoms. The fraction of sp³-hybridized carbons (Fsp3) is 0.650. The van der Waals surface area contributed by atoms with Gasteiger partial charge in [0.2, 0.25) is 10.0 Å². The van der Waals surface area contributed by atoms with Crippen molar-refractivity contribution in [2.75, 3.05) is 52.2 Å². The molecule has 1 aromatic rings. The maximum Gasteiger partial charge on any atom is 0.218 e. The maximum atomic E-state index is 12.8. The fourth-order valence-corrected chi connectivity index (χ4v) is 6.36. The van der Waals surface area contributed by atoms with Crippen molar-refractivity contribution in [3.05, 3.63) is 35.4 Å². The van der Waals surface area contributed by atoms with Gasteiger partial charge in [-0.1, -0.05) is 24.3 Å². The molecule has 30 heavy (non-hydrogen) atoms. The highest BCUT2D eigenvalue weighted by molar-refractivity contribution is 14.0. The third-order valence-corrected chi connectivity index (χ3v) is 8.32. The summed E-state index contributed by atoms with van der Waals surface area (Å²) in [5.74, 6) is 1.95. The minimum absolute atomic E-state index is 0. The topological polar surface area (TPSA) is 74.2 Å². The van der Waals surface area contributed by atoms with E-state index in [1.807, 2.05) is 36.0 Å². The quantitative estimate of drug-likeness (QED) is 0.334. The Labute approximate surface area is 202 Å². The summed E-state index contributed by atoms with van der Waals surface area (Å²) in [7, 11) is -1.56. The van der Waals surface area contributed by atoms with Crippen molar-refractivity contribution in [2.45, 2.75) is 30.9 Å². The highest BCUT2D eigenvalue weighted by atomic mass is 127. The Balaban J connectivity index is 0.00000320. The van der Waals surface area contributed by atoms with Crippen LogP contribution in [-0.2, 0) is 27.1 Å². The molecule has 7 nitrogen and oxygen atoms in total. The molecule has 2 aliphatic rings. The lowest BCUT2D eigenvalue weighted by molar-refractivity contribution is 0.0729. The molecule has 2 heterocycles. The van der Waals surface area contributed by atoms with Crippen molar-refractivity contribution in [1.29, 1.82) is 0 Å². The molecule has 3 rings (SSSR count). The predicted molar refractivity (Wildman–Crippen MR) is 135 cm³/mol. The Kier molecular flexibility index (Phi) is 9.72. The van der Waals surface area contributed by atoms with Crippen molar-refractivity contribution in [3.8, 4) is 0 Å². The van der Waals surface area contributed by atoms with E-state index in [-0.39, 0.29) is 34.5 Å². The number of nitrogens with one attached hydrogen (secondary N) is 1. The normalized spacial score (nSPS) is 20.5. The first kappa shape index (κ1) is 25.7. The zero-order chi connectivity index (χ0) is 20.9. The number of rotatable bonds is 5. The van der Waals surface area contributed by atoms with Gasteiger partial charge in [0, 0.05) is 50.3 Å². The molecule has 1 N–H and O–H groups in total. The number of thioether (sulfide) groups is 1. The van der Waals surface area contributed by atoms with E-state index in [1.54, 1.807) is 7.05 Å². The Morgan fingerprint density at radius 3 is 2.50 bits per heavy atom. The van der Waals surface area contributed by atoms with Crippen molar-refractivity contribution < 1.29 is 13.2 Å². The highest BCUT2D eigenvalue weighted by Gasteiger charge is 2.29. The number of nitrogens with zero attached hydrogens (tertiary/aromatic N) is 3. The lowest BCUT2D eigenvalue weighted by atomic mass is 10.1. The molecule has 0 bridgehead atoms. The van der Waals surface area contributed by atoms with Gasteiger partial charge in [0.15, 0.2) is 5.96 Å². The summed E-state index contributed by atoms with van der Waals surface area (Å²) < 4.78 is 32.7. The van der Waals surface area contributed by atoms with Crippen LogP contribution in [0.5, 0.6) is 0 Å². The van der Waals surface area contributed by atoms with E-state index in [1.165, 1.54) is 4.31 Å². The summed E-state index contributed by atoms with van der Waals surface area (Å²) in [6, 6.07) is 7.73. The van der Waals surface area contributed by atoms with Crippen LogP contribution in [-0.4, -0.2) is 80.5 Å². The second kappa shape index (κ2) is 11.3. The van der Waals surface area contributed by atoms with Gasteiger partial charge in [-0.3, -0.25) is 4.99 Å². The summed E-state index contributed by atoms with van der Waals surface area (Å²) in [4.78, 5) is 6.73. The molecule has 0 atom stereocenters. The van der Waals surface area contributed by atoms with Crippen molar-refractivity contribution in [1.82, 2.24) is 14.5 Å². The minimum Gasteiger partial charge on any atom is -0.379 e. The average molecular weight is 569 g/mol. The van der Waals surface area contributed by atoms with E-state index < -0.39 is 10.0 Å². The molecule has 2 fully saturated rings. The lowest BCUT2D eigenvalue weighted by Gasteiger charge is -2.39. The van der Waals surface area contributed by atoms with Gasteiger partial charge < -0.3 is 15.0 Å². The van der Waals surface area contributed by atoms with Gasteiger partial charge in [0.05, 0.1) is 19.0 Å². The van der Waals surface area contributed by atoms with Crippen molar-refractivity contribution in [3.63, 3.8) is 0 Å². The number of guanidine groups is 1. The van der Waals surface area contributed by atoms with E-state index in [9.17, 15) is 8.42 Å². The Morgan fingerprint density at radius 2 is 1.87 bits per heavy atom. The smallest absolute Gasteiger partial charge is 0.218 e. The van der Waals surface area contributed by atoms with Crippen LogP contribution in [0.15, 0.2) is 29.3 Å². The van der Waals surface area contributed by atoms with Crippen molar-refractivity contribution >= 4 is 51.7 Å². The number of morpholine rings is 1. The molecule has 0 radical (unpaired) electrons. The van der Waals surface area contributed by atoms with Gasteiger partial charge in [-0.25, -0.2) is 8.42 Å². The zero-order valence-electron chi connectivity index (χ0n) is 18.0. The van der Waals surface area contributed by atoms with Gasteiger partial charge >= 0.3 is 0 Å². The van der Waals surface area contributed by atoms with E-state index >= 15 is 0 Å². The summed E-state index contributed by atoms with van der Waals surface area (Å²) in [6.07, 6.45) is 0. The monoisotopic (exact) mass is 568 g/mol. The first-order valence-electron chi connectivity index (χ1n) is 10.0. The Bertz CT molecular complexity index is 827. The molecule has 1 aromatic carbocycles. The van der Waals surface area contributed by atoms with Crippen LogP contribution in [0.2, 0.25) is 0 Å². The van der Waals surface area contributed by atoms with E-state index in [0.717, 1.165) is 35.9 Å². The number of benzene rings is 1. The molecule has 0 aliphatic carbocycles. The number of halogens is 1. The second-order valence-electron chi connectivity index (χ2n) is 7.97.